The number of benzene rings is 2. The predicted octanol–water partition coefficient (Wildman–Crippen LogP) is 4.98. The third kappa shape index (κ3) is 4.88. The van der Waals surface area contributed by atoms with Crippen molar-refractivity contribution in [3.8, 4) is 5.75 Å². The Balaban J connectivity index is 1.46. The first-order valence-electron chi connectivity index (χ1n) is 10.4. The van der Waals surface area contributed by atoms with Gasteiger partial charge in [0.15, 0.2) is 5.69 Å². The molecule has 2 heterocycles. The van der Waals surface area contributed by atoms with Gasteiger partial charge in [0.1, 0.15) is 18.1 Å². The van der Waals surface area contributed by atoms with Gasteiger partial charge in [-0.15, -0.1) is 0 Å². The van der Waals surface area contributed by atoms with Crippen LogP contribution >= 0.6 is 0 Å². The molecule has 0 aliphatic heterocycles. The van der Waals surface area contributed by atoms with E-state index in [-0.39, 0.29) is 18.2 Å². The van der Waals surface area contributed by atoms with Gasteiger partial charge in [-0.05, 0) is 63.6 Å². The number of aromatic nitrogens is 3. The molecule has 2 aromatic carbocycles. The van der Waals surface area contributed by atoms with E-state index in [1.165, 1.54) is 0 Å². The normalized spacial score (nSPS) is 10.9. The molecule has 0 aliphatic rings. The second-order valence-corrected chi connectivity index (χ2v) is 7.91. The van der Waals surface area contributed by atoms with Gasteiger partial charge in [0, 0.05) is 11.4 Å². The van der Waals surface area contributed by atoms with E-state index in [1.54, 1.807) is 6.92 Å². The Morgan fingerprint density at radius 2 is 1.84 bits per heavy atom. The van der Waals surface area contributed by atoms with Crippen LogP contribution in [0.25, 0.3) is 0 Å². The molecule has 4 aromatic rings. The first-order valence-corrected chi connectivity index (χ1v) is 10.4. The predicted molar refractivity (Wildman–Crippen MR) is 122 cm³/mol. The second-order valence-electron chi connectivity index (χ2n) is 7.91. The van der Waals surface area contributed by atoms with Crippen molar-refractivity contribution in [2.75, 3.05) is 5.32 Å². The van der Waals surface area contributed by atoms with Crippen LogP contribution in [0.2, 0.25) is 0 Å². The zero-order chi connectivity index (χ0) is 22.7. The van der Waals surface area contributed by atoms with Crippen molar-refractivity contribution in [1.29, 1.82) is 0 Å². The number of nitrogens with one attached hydrogen (secondary N) is 1. The molecule has 0 fully saturated rings. The standard InChI is InChI=1S/C25H26N4O3/c1-16-8-10-22(11-9-16)31-15-23-19(4)32-28-24(23)25(30)26-21-7-5-6-20(13-21)14-29-18(3)12-17(2)27-29/h5-13H,14-15H2,1-4H3,(H,26,30). The summed E-state index contributed by atoms with van der Waals surface area (Å²) in [6, 6.07) is 17.5. The second kappa shape index (κ2) is 9.09. The summed E-state index contributed by atoms with van der Waals surface area (Å²) in [7, 11) is 0. The van der Waals surface area contributed by atoms with E-state index in [2.05, 4.69) is 15.6 Å². The lowest BCUT2D eigenvalue weighted by molar-refractivity contribution is 0.101. The number of amides is 1. The van der Waals surface area contributed by atoms with Crippen molar-refractivity contribution in [1.82, 2.24) is 14.9 Å². The number of hydrogen-bond donors (Lipinski definition) is 1. The van der Waals surface area contributed by atoms with E-state index < -0.39 is 0 Å². The van der Waals surface area contributed by atoms with Crippen molar-refractivity contribution in [2.45, 2.75) is 40.8 Å². The van der Waals surface area contributed by atoms with Crippen LogP contribution in [0.1, 0.15) is 44.3 Å². The Labute approximate surface area is 187 Å². The van der Waals surface area contributed by atoms with Crippen molar-refractivity contribution in [3.63, 3.8) is 0 Å². The van der Waals surface area contributed by atoms with Crippen LogP contribution in [-0.2, 0) is 13.2 Å². The highest BCUT2D eigenvalue weighted by atomic mass is 16.5. The van der Waals surface area contributed by atoms with Crippen molar-refractivity contribution >= 4 is 11.6 Å². The van der Waals surface area contributed by atoms with Crippen molar-refractivity contribution < 1.29 is 14.1 Å². The van der Waals surface area contributed by atoms with Gasteiger partial charge in [-0.3, -0.25) is 9.48 Å². The van der Waals surface area contributed by atoms with Gasteiger partial charge in [0.05, 0.1) is 17.8 Å². The van der Waals surface area contributed by atoms with E-state index in [9.17, 15) is 4.79 Å². The maximum Gasteiger partial charge on any atom is 0.278 e. The Kier molecular flexibility index (Phi) is 6.07. The SMILES string of the molecule is Cc1ccc(OCc2c(C(=O)Nc3cccc(Cn4nc(C)cc4C)c3)noc2C)cc1. The van der Waals surface area contributed by atoms with Gasteiger partial charge < -0.3 is 14.6 Å². The average Bonchev–Trinajstić information content (AvgIpc) is 3.28. The summed E-state index contributed by atoms with van der Waals surface area (Å²) in [6.45, 7) is 8.61. The van der Waals surface area contributed by atoms with E-state index >= 15 is 0 Å². The molecule has 4 rings (SSSR count). The first-order chi connectivity index (χ1) is 15.4. The summed E-state index contributed by atoms with van der Waals surface area (Å²) >= 11 is 0. The fourth-order valence-electron chi connectivity index (χ4n) is 3.48. The number of nitrogens with zero attached hydrogens (tertiary/aromatic N) is 3. The summed E-state index contributed by atoms with van der Waals surface area (Å²) in [5, 5.41) is 11.4. The molecule has 0 unspecified atom stereocenters. The van der Waals surface area contributed by atoms with Gasteiger partial charge in [-0.25, -0.2) is 0 Å². The van der Waals surface area contributed by atoms with Crippen LogP contribution < -0.4 is 10.1 Å². The topological polar surface area (TPSA) is 82.2 Å². The smallest absolute Gasteiger partial charge is 0.278 e. The molecule has 1 N–H and O–H groups in total. The number of anilines is 1. The highest BCUT2D eigenvalue weighted by Gasteiger charge is 2.20. The van der Waals surface area contributed by atoms with Crippen LogP contribution in [0.15, 0.2) is 59.1 Å². The maximum atomic E-state index is 12.9. The minimum absolute atomic E-state index is 0.194. The third-order valence-corrected chi connectivity index (χ3v) is 5.22. The van der Waals surface area contributed by atoms with Crippen molar-refractivity contribution in [2.24, 2.45) is 0 Å². The Hall–Kier alpha value is -3.87. The highest BCUT2D eigenvalue weighted by Crippen LogP contribution is 2.20. The molecule has 32 heavy (non-hydrogen) atoms. The minimum atomic E-state index is -0.340. The van der Waals surface area contributed by atoms with E-state index in [4.69, 9.17) is 9.26 Å². The zero-order valence-corrected chi connectivity index (χ0v) is 18.7. The summed E-state index contributed by atoms with van der Waals surface area (Å²) < 4.78 is 13.1. The monoisotopic (exact) mass is 430 g/mol. The number of hydrogen-bond acceptors (Lipinski definition) is 5. The van der Waals surface area contributed by atoms with Crippen LogP contribution in [0, 0.1) is 27.7 Å². The lowest BCUT2D eigenvalue weighted by Gasteiger charge is -2.09. The van der Waals surface area contributed by atoms with Gasteiger partial charge >= 0.3 is 0 Å². The fourth-order valence-corrected chi connectivity index (χ4v) is 3.48. The summed E-state index contributed by atoms with van der Waals surface area (Å²) in [6.07, 6.45) is 0. The largest absolute Gasteiger partial charge is 0.489 e. The molecule has 0 bridgehead atoms. The molecule has 7 nitrogen and oxygen atoms in total. The lowest BCUT2D eigenvalue weighted by atomic mass is 10.1. The Morgan fingerprint density at radius 3 is 2.56 bits per heavy atom. The van der Waals surface area contributed by atoms with Gasteiger partial charge in [0.2, 0.25) is 0 Å². The highest BCUT2D eigenvalue weighted by molar-refractivity contribution is 6.03. The maximum absolute atomic E-state index is 12.9. The van der Waals surface area contributed by atoms with Gasteiger partial charge in [0.25, 0.3) is 5.91 Å². The Morgan fingerprint density at radius 1 is 1.06 bits per heavy atom. The first kappa shape index (κ1) is 21.4. The quantitative estimate of drug-likeness (QED) is 0.447. The van der Waals surface area contributed by atoms with Crippen LogP contribution in [-0.4, -0.2) is 20.8 Å². The summed E-state index contributed by atoms with van der Waals surface area (Å²) in [5.41, 5.74) is 5.79. The van der Waals surface area contributed by atoms with E-state index in [1.807, 2.05) is 80.1 Å². The fraction of sp³-hybridized carbons (Fsp3) is 0.240. The lowest BCUT2D eigenvalue weighted by Crippen LogP contribution is -2.15. The van der Waals surface area contributed by atoms with Crippen LogP contribution in [0.4, 0.5) is 5.69 Å². The number of ether oxygens (including phenoxy) is 1. The molecule has 0 saturated heterocycles. The number of carbonyl (C=O) groups is 1. The minimum Gasteiger partial charge on any atom is -0.489 e. The average molecular weight is 431 g/mol. The molecule has 0 radical (unpaired) electrons. The number of aryl methyl sites for hydroxylation is 4. The van der Waals surface area contributed by atoms with Crippen LogP contribution in [0.3, 0.4) is 0 Å². The summed E-state index contributed by atoms with van der Waals surface area (Å²) in [5.74, 6) is 0.938. The van der Waals surface area contributed by atoms with Gasteiger partial charge in [-0.2, -0.15) is 5.10 Å². The molecular weight excluding hydrogens is 404 g/mol. The number of carbonyl (C=O) groups excluding carboxylic acids is 1. The Bertz CT molecular complexity index is 1240. The van der Waals surface area contributed by atoms with E-state index in [0.29, 0.717) is 23.6 Å². The molecule has 0 atom stereocenters. The van der Waals surface area contributed by atoms with Crippen molar-refractivity contribution in [3.05, 3.63) is 94.1 Å². The molecule has 2 aromatic heterocycles. The molecule has 1 amide bonds. The third-order valence-electron chi connectivity index (χ3n) is 5.22. The van der Waals surface area contributed by atoms with E-state index in [0.717, 1.165) is 28.3 Å². The zero-order valence-electron chi connectivity index (χ0n) is 18.7. The molecule has 0 aliphatic carbocycles. The molecular formula is C25H26N4O3. The summed E-state index contributed by atoms with van der Waals surface area (Å²) in [4.78, 5) is 12.9. The molecule has 164 valence electrons. The number of rotatable bonds is 7. The molecule has 0 saturated carbocycles. The molecule has 0 spiro atoms. The molecule has 7 heteroatoms. The van der Waals surface area contributed by atoms with Gasteiger partial charge in [-0.1, -0.05) is 35.0 Å². The van der Waals surface area contributed by atoms with Crippen LogP contribution in [0.5, 0.6) is 5.75 Å².